The molecule has 1 rings (SSSR count). The highest BCUT2D eigenvalue weighted by Crippen LogP contribution is 2.21. The van der Waals surface area contributed by atoms with Crippen molar-refractivity contribution in [2.24, 2.45) is 0 Å². The third kappa shape index (κ3) is 5.42. The molecule has 5 nitrogen and oxygen atoms in total. The lowest BCUT2D eigenvalue weighted by atomic mass is 10.2. The molecule has 0 aliphatic carbocycles. The Labute approximate surface area is 127 Å². The molecular weight excluding hydrogens is 296 g/mol. The molecule has 0 spiro atoms. The van der Waals surface area contributed by atoms with Gasteiger partial charge in [-0.05, 0) is 36.3 Å². The molecule has 20 heavy (non-hydrogen) atoms. The second-order valence-corrected chi connectivity index (χ2v) is 6.23. The lowest BCUT2D eigenvalue weighted by molar-refractivity contribution is -0.139. The lowest BCUT2D eigenvalue weighted by Crippen LogP contribution is -2.47. The van der Waals surface area contributed by atoms with Gasteiger partial charge in [0.25, 0.3) is 0 Å². The minimum absolute atomic E-state index is 0.0787. The fourth-order valence-electron chi connectivity index (χ4n) is 1.72. The molecular formula is C13H20N2O3S2. The van der Waals surface area contributed by atoms with Crippen molar-refractivity contribution in [3.05, 3.63) is 22.4 Å². The molecule has 0 aliphatic heterocycles. The fraction of sp³-hybridized carbons (Fsp3) is 0.538. The van der Waals surface area contributed by atoms with Gasteiger partial charge in [-0.1, -0.05) is 13.0 Å². The summed E-state index contributed by atoms with van der Waals surface area (Å²) in [5.41, 5.74) is 0. The molecule has 0 saturated heterocycles. The van der Waals surface area contributed by atoms with Gasteiger partial charge in [0.15, 0.2) is 0 Å². The Balaban J connectivity index is 2.53. The molecule has 1 heterocycles. The van der Waals surface area contributed by atoms with E-state index in [4.69, 9.17) is 5.11 Å². The van der Waals surface area contributed by atoms with Crippen molar-refractivity contribution in [2.45, 2.75) is 31.8 Å². The van der Waals surface area contributed by atoms with Gasteiger partial charge < -0.3 is 15.7 Å². The molecule has 0 aliphatic rings. The number of carboxylic acid groups (broad SMARTS) is 1. The van der Waals surface area contributed by atoms with Gasteiger partial charge in [-0.15, -0.1) is 11.3 Å². The van der Waals surface area contributed by atoms with E-state index in [0.717, 1.165) is 11.3 Å². The normalized spacial score (nSPS) is 13.5. The summed E-state index contributed by atoms with van der Waals surface area (Å²) in [5, 5.41) is 16.4. The molecule has 3 N–H and O–H groups in total. The first-order chi connectivity index (χ1) is 9.58. The van der Waals surface area contributed by atoms with E-state index in [-0.39, 0.29) is 6.04 Å². The van der Waals surface area contributed by atoms with Gasteiger partial charge in [0.1, 0.15) is 6.04 Å². The zero-order valence-corrected chi connectivity index (χ0v) is 13.2. The molecule has 0 saturated carbocycles. The number of thiophene rings is 1. The maximum atomic E-state index is 11.9. The van der Waals surface area contributed by atoms with Gasteiger partial charge in [-0.3, -0.25) is 0 Å². The average molecular weight is 316 g/mol. The van der Waals surface area contributed by atoms with Crippen LogP contribution < -0.4 is 10.6 Å². The van der Waals surface area contributed by atoms with Gasteiger partial charge >= 0.3 is 12.0 Å². The number of rotatable bonds is 8. The smallest absolute Gasteiger partial charge is 0.326 e. The van der Waals surface area contributed by atoms with E-state index in [9.17, 15) is 9.59 Å². The fourth-order valence-corrected chi connectivity index (χ4v) is 3.05. The first-order valence-electron chi connectivity index (χ1n) is 6.40. The third-order valence-electron chi connectivity index (χ3n) is 2.81. The molecule has 1 unspecified atom stereocenters. The summed E-state index contributed by atoms with van der Waals surface area (Å²) in [6.45, 7) is 1.98. The molecule has 0 fully saturated rings. The van der Waals surface area contributed by atoms with Crippen LogP contribution in [-0.2, 0) is 4.79 Å². The summed E-state index contributed by atoms with van der Waals surface area (Å²) in [6, 6.07) is 2.54. The third-order valence-corrected chi connectivity index (χ3v) is 4.44. The topological polar surface area (TPSA) is 78.4 Å². The van der Waals surface area contributed by atoms with Crippen LogP contribution in [0.15, 0.2) is 17.5 Å². The Bertz CT molecular complexity index is 423. The number of carboxylic acids is 1. The predicted molar refractivity (Wildman–Crippen MR) is 83.4 cm³/mol. The summed E-state index contributed by atoms with van der Waals surface area (Å²) in [5.74, 6) is -0.308. The van der Waals surface area contributed by atoms with Crippen LogP contribution in [0.5, 0.6) is 0 Å². The van der Waals surface area contributed by atoms with Crippen molar-refractivity contribution in [3.8, 4) is 0 Å². The Morgan fingerprint density at radius 2 is 2.20 bits per heavy atom. The van der Waals surface area contributed by atoms with Gasteiger partial charge in [-0.25, -0.2) is 9.59 Å². The molecule has 1 aromatic rings. The van der Waals surface area contributed by atoms with Crippen LogP contribution in [0.1, 0.15) is 30.7 Å². The number of hydrogen-bond donors (Lipinski definition) is 3. The summed E-state index contributed by atoms with van der Waals surface area (Å²) in [4.78, 5) is 24.0. The van der Waals surface area contributed by atoms with Crippen LogP contribution in [0.2, 0.25) is 0 Å². The van der Waals surface area contributed by atoms with E-state index >= 15 is 0 Å². The SMILES string of the molecule is CCC(NC(=O)N[C@@H](CCSC)C(=O)O)c1cccs1. The second-order valence-electron chi connectivity index (χ2n) is 4.27. The van der Waals surface area contributed by atoms with Crippen molar-refractivity contribution in [1.82, 2.24) is 10.6 Å². The highest BCUT2D eigenvalue weighted by Gasteiger charge is 2.21. The van der Waals surface area contributed by atoms with Crippen LogP contribution in [0.25, 0.3) is 0 Å². The molecule has 7 heteroatoms. The maximum Gasteiger partial charge on any atom is 0.326 e. The van der Waals surface area contributed by atoms with E-state index in [0.29, 0.717) is 12.2 Å². The van der Waals surface area contributed by atoms with Gasteiger partial charge in [-0.2, -0.15) is 11.8 Å². The minimum Gasteiger partial charge on any atom is -0.480 e. The average Bonchev–Trinajstić information content (AvgIpc) is 2.94. The standard InChI is InChI=1S/C13H20N2O3S2/c1-3-9(11-5-4-7-20-11)14-13(18)15-10(12(16)17)6-8-19-2/h4-5,7,9-10H,3,6,8H2,1-2H3,(H,16,17)(H2,14,15,18)/t9?,10-/m0/s1. The molecule has 2 amide bonds. The summed E-state index contributed by atoms with van der Waals surface area (Å²) >= 11 is 3.13. The minimum atomic E-state index is -1.00. The van der Waals surface area contributed by atoms with Crippen LogP contribution in [0.3, 0.4) is 0 Å². The Morgan fingerprint density at radius 3 is 2.70 bits per heavy atom. The first kappa shape index (κ1) is 16.8. The summed E-state index contributed by atoms with van der Waals surface area (Å²) in [7, 11) is 0. The van der Waals surface area contributed by atoms with Crippen molar-refractivity contribution in [1.29, 1.82) is 0 Å². The lowest BCUT2D eigenvalue weighted by Gasteiger charge is -2.19. The van der Waals surface area contributed by atoms with Crippen molar-refractivity contribution >= 4 is 35.1 Å². The summed E-state index contributed by atoms with van der Waals surface area (Å²) < 4.78 is 0. The number of hydrogen-bond acceptors (Lipinski definition) is 4. The highest BCUT2D eigenvalue weighted by atomic mass is 32.2. The number of carbonyl (C=O) groups excluding carboxylic acids is 1. The zero-order valence-electron chi connectivity index (χ0n) is 11.6. The van der Waals surface area contributed by atoms with E-state index in [1.54, 1.807) is 23.1 Å². The quantitative estimate of drug-likeness (QED) is 0.689. The van der Waals surface area contributed by atoms with Crippen LogP contribution in [0, 0.1) is 0 Å². The van der Waals surface area contributed by atoms with Gasteiger partial charge in [0.2, 0.25) is 0 Å². The Morgan fingerprint density at radius 1 is 1.45 bits per heavy atom. The number of carbonyl (C=O) groups is 2. The van der Waals surface area contributed by atoms with Crippen molar-refractivity contribution in [2.75, 3.05) is 12.0 Å². The molecule has 0 aromatic carbocycles. The Hall–Kier alpha value is -1.21. The molecule has 0 bridgehead atoms. The molecule has 0 radical (unpaired) electrons. The maximum absolute atomic E-state index is 11.9. The van der Waals surface area contributed by atoms with E-state index in [1.165, 1.54) is 0 Å². The number of thioether (sulfide) groups is 1. The van der Waals surface area contributed by atoms with Crippen LogP contribution in [0.4, 0.5) is 4.79 Å². The van der Waals surface area contributed by atoms with Crippen molar-refractivity contribution in [3.63, 3.8) is 0 Å². The Kier molecular flexibility index (Phi) is 7.46. The van der Waals surface area contributed by atoms with Crippen LogP contribution in [-0.4, -0.2) is 35.2 Å². The molecule has 1 aromatic heterocycles. The van der Waals surface area contributed by atoms with Gasteiger partial charge in [0.05, 0.1) is 6.04 Å². The number of aliphatic carboxylic acids is 1. The second kappa shape index (κ2) is 8.86. The highest BCUT2D eigenvalue weighted by molar-refractivity contribution is 7.98. The van der Waals surface area contributed by atoms with Crippen molar-refractivity contribution < 1.29 is 14.7 Å². The molecule has 2 atom stereocenters. The monoisotopic (exact) mass is 316 g/mol. The largest absolute Gasteiger partial charge is 0.480 e. The first-order valence-corrected chi connectivity index (χ1v) is 8.68. The van der Waals surface area contributed by atoms with Crippen LogP contribution >= 0.6 is 23.1 Å². The number of amides is 2. The number of nitrogens with one attached hydrogen (secondary N) is 2. The van der Waals surface area contributed by atoms with E-state index in [1.807, 2.05) is 30.7 Å². The van der Waals surface area contributed by atoms with E-state index in [2.05, 4.69) is 10.6 Å². The van der Waals surface area contributed by atoms with E-state index < -0.39 is 18.0 Å². The molecule has 112 valence electrons. The predicted octanol–water partition coefficient (Wildman–Crippen LogP) is 2.70. The zero-order chi connectivity index (χ0) is 15.0. The summed E-state index contributed by atoms with van der Waals surface area (Å²) in [6.07, 6.45) is 3.08. The number of urea groups is 1. The van der Waals surface area contributed by atoms with Gasteiger partial charge in [0, 0.05) is 4.88 Å².